The Morgan fingerprint density at radius 1 is 1.09 bits per heavy atom. The second kappa shape index (κ2) is 8.86. The lowest BCUT2D eigenvalue weighted by Gasteiger charge is -2.19. The molecule has 3 rings (SSSR count). The van der Waals surface area contributed by atoms with Gasteiger partial charge in [0, 0.05) is 17.3 Å². The van der Waals surface area contributed by atoms with Gasteiger partial charge >= 0.3 is 0 Å². The fraction of sp³-hybridized carbons (Fsp3) is 0.320. The van der Waals surface area contributed by atoms with E-state index in [0.29, 0.717) is 11.3 Å². The van der Waals surface area contributed by atoms with Crippen LogP contribution in [0, 0.1) is 0 Å². The number of hydrogen-bond donors (Lipinski definition) is 3. The maximum Gasteiger partial charge on any atom is 0.254 e. The number of anilines is 2. The second-order valence-corrected chi connectivity index (χ2v) is 9.26. The average Bonchev–Trinajstić information content (AvgIpc) is 3.05. The van der Waals surface area contributed by atoms with Crippen molar-refractivity contribution in [2.75, 3.05) is 11.1 Å². The summed E-state index contributed by atoms with van der Waals surface area (Å²) < 4.78 is 1.59. The third-order valence-electron chi connectivity index (χ3n) is 5.29. The minimum Gasteiger partial charge on any atom is -0.383 e. The van der Waals surface area contributed by atoms with Gasteiger partial charge < -0.3 is 16.8 Å². The number of aromatic nitrogens is 2. The molecule has 3 aromatic rings. The molecule has 2 aromatic carbocycles. The van der Waals surface area contributed by atoms with Crippen molar-refractivity contribution in [3.05, 3.63) is 65.2 Å². The largest absolute Gasteiger partial charge is 0.383 e. The number of nitrogen functional groups attached to an aromatic ring is 1. The summed E-state index contributed by atoms with van der Waals surface area (Å²) >= 11 is 0. The highest BCUT2D eigenvalue weighted by atomic mass is 16.2. The molecule has 0 aliphatic carbocycles. The van der Waals surface area contributed by atoms with Gasteiger partial charge in [-0.05, 0) is 42.5 Å². The van der Waals surface area contributed by atoms with Crippen LogP contribution in [-0.2, 0) is 16.6 Å². The summed E-state index contributed by atoms with van der Waals surface area (Å²) in [7, 11) is 0. The van der Waals surface area contributed by atoms with Crippen LogP contribution >= 0.6 is 0 Å². The predicted molar refractivity (Wildman–Crippen MR) is 128 cm³/mol. The molecule has 5 N–H and O–H groups in total. The van der Waals surface area contributed by atoms with Crippen LogP contribution in [0.15, 0.2) is 48.5 Å². The molecule has 7 nitrogen and oxygen atoms in total. The minimum absolute atomic E-state index is 0.00623. The average molecular weight is 434 g/mol. The highest BCUT2D eigenvalue weighted by Gasteiger charge is 2.22. The molecule has 0 aliphatic heterocycles. The first kappa shape index (κ1) is 23.1. The molecule has 7 heteroatoms. The molecule has 0 unspecified atom stereocenters. The number of benzene rings is 2. The number of amides is 2. The van der Waals surface area contributed by atoms with E-state index in [4.69, 9.17) is 11.5 Å². The Kier molecular flexibility index (Phi) is 6.39. The van der Waals surface area contributed by atoms with E-state index >= 15 is 0 Å². The quantitative estimate of drug-likeness (QED) is 0.538. The molecule has 2 amide bonds. The van der Waals surface area contributed by atoms with Crippen molar-refractivity contribution in [1.82, 2.24) is 9.78 Å². The second-order valence-electron chi connectivity index (χ2n) is 9.26. The smallest absolute Gasteiger partial charge is 0.254 e. The maximum absolute atomic E-state index is 12.6. The van der Waals surface area contributed by atoms with Gasteiger partial charge in [0.25, 0.3) is 5.91 Å². The van der Waals surface area contributed by atoms with E-state index in [2.05, 4.69) is 37.3 Å². The standard InChI is InChI=1S/C25H31N5O2/c1-15(2)30-23(26)21(24(27)32)22(29-30)17-11-9-16(10-12-17)13-20(31)28-19-8-6-7-18(14-19)25(3,4)5/h6-12,14-15H,13,26H2,1-5H3,(H2,27,32)(H,28,31). The summed E-state index contributed by atoms with van der Waals surface area (Å²) in [5.41, 5.74) is 15.8. The van der Waals surface area contributed by atoms with Crippen LogP contribution in [-0.4, -0.2) is 21.6 Å². The summed E-state index contributed by atoms with van der Waals surface area (Å²) in [6.45, 7) is 10.3. The summed E-state index contributed by atoms with van der Waals surface area (Å²) in [5, 5.41) is 7.45. The van der Waals surface area contributed by atoms with Crippen LogP contribution in [0.25, 0.3) is 11.3 Å². The van der Waals surface area contributed by atoms with E-state index in [1.54, 1.807) is 4.68 Å². The number of nitrogens with one attached hydrogen (secondary N) is 1. The number of primary amides is 1. The highest BCUT2D eigenvalue weighted by molar-refractivity contribution is 6.03. The molecule has 0 radical (unpaired) electrons. The normalized spacial score (nSPS) is 11.6. The maximum atomic E-state index is 12.6. The summed E-state index contributed by atoms with van der Waals surface area (Å²) in [4.78, 5) is 24.5. The lowest BCUT2D eigenvalue weighted by Crippen LogP contribution is -2.16. The van der Waals surface area contributed by atoms with E-state index in [9.17, 15) is 9.59 Å². The zero-order chi connectivity index (χ0) is 23.6. The molecular weight excluding hydrogens is 402 g/mol. The molecule has 0 bridgehead atoms. The van der Waals surface area contributed by atoms with Gasteiger partial charge in [0.05, 0.1) is 6.42 Å². The lowest BCUT2D eigenvalue weighted by atomic mass is 9.87. The fourth-order valence-electron chi connectivity index (χ4n) is 3.52. The Balaban J connectivity index is 1.77. The molecule has 0 saturated heterocycles. The van der Waals surface area contributed by atoms with E-state index in [1.807, 2.05) is 56.3 Å². The Morgan fingerprint density at radius 2 is 1.75 bits per heavy atom. The summed E-state index contributed by atoms with van der Waals surface area (Å²) in [6, 6.07) is 15.2. The summed E-state index contributed by atoms with van der Waals surface area (Å²) in [6.07, 6.45) is 0.227. The molecule has 1 aromatic heterocycles. The van der Waals surface area contributed by atoms with Crippen molar-refractivity contribution in [3.63, 3.8) is 0 Å². The molecular formula is C25H31N5O2. The Labute approximate surface area is 188 Å². The van der Waals surface area contributed by atoms with Crippen molar-refractivity contribution < 1.29 is 9.59 Å². The Bertz CT molecular complexity index is 1140. The predicted octanol–water partition coefficient (Wildman–Crippen LogP) is 4.29. The van der Waals surface area contributed by atoms with Crippen LogP contribution in [0.4, 0.5) is 11.5 Å². The fourth-order valence-corrected chi connectivity index (χ4v) is 3.52. The van der Waals surface area contributed by atoms with Crippen molar-refractivity contribution >= 4 is 23.3 Å². The number of carbonyl (C=O) groups excluding carboxylic acids is 2. The lowest BCUT2D eigenvalue weighted by molar-refractivity contribution is -0.115. The first-order valence-electron chi connectivity index (χ1n) is 10.6. The molecule has 0 aliphatic rings. The van der Waals surface area contributed by atoms with Gasteiger partial charge in [0.2, 0.25) is 5.91 Å². The van der Waals surface area contributed by atoms with E-state index < -0.39 is 5.91 Å². The number of carbonyl (C=O) groups is 2. The van der Waals surface area contributed by atoms with Gasteiger partial charge in [0.15, 0.2) is 0 Å². The number of nitrogens with zero attached hydrogens (tertiary/aromatic N) is 2. The van der Waals surface area contributed by atoms with Gasteiger partial charge in [-0.1, -0.05) is 57.2 Å². The zero-order valence-corrected chi connectivity index (χ0v) is 19.3. The SMILES string of the molecule is CC(C)n1nc(-c2ccc(CC(=O)Nc3cccc(C(C)(C)C)c3)cc2)c(C(N)=O)c1N. The van der Waals surface area contributed by atoms with Gasteiger partial charge in [-0.15, -0.1) is 0 Å². The number of hydrogen-bond acceptors (Lipinski definition) is 4. The monoisotopic (exact) mass is 433 g/mol. The Hall–Kier alpha value is -3.61. The molecule has 0 atom stereocenters. The van der Waals surface area contributed by atoms with Crippen molar-refractivity contribution in [2.24, 2.45) is 5.73 Å². The molecule has 0 spiro atoms. The third-order valence-corrected chi connectivity index (χ3v) is 5.29. The van der Waals surface area contributed by atoms with Crippen molar-refractivity contribution in [3.8, 4) is 11.3 Å². The van der Waals surface area contributed by atoms with Crippen LogP contribution in [0.2, 0.25) is 0 Å². The molecule has 0 fully saturated rings. The molecule has 1 heterocycles. The van der Waals surface area contributed by atoms with Crippen LogP contribution in [0.3, 0.4) is 0 Å². The Morgan fingerprint density at radius 3 is 2.31 bits per heavy atom. The van der Waals surface area contributed by atoms with Crippen LogP contribution in [0.1, 0.15) is 62.1 Å². The van der Waals surface area contributed by atoms with Gasteiger partial charge in [0.1, 0.15) is 17.1 Å². The van der Waals surface area contributed by atoms with E-state index in [1.165, 1.54) is 0 Å². The minimum atomic E-state index is -0.620. The molecule has 32 heavy (non-hydrogen) atoms. The van der Waals surface area contributed by atoms with Gasteiger partial charge in [-0.2, -0.15) is 5.10 Å². The number of nitrogens with two attached hydrogens (primary N) is 2. The number of rotatable bonds is 6. The highest BCUT2D eigenvalue weighted by Crippen LogP contribution is 2.29. The van der Waals surface area contributed by atoms with Gasteiger partial charge in [-0.3, -0.25) is 9.59 Å². The van der Waals surface area contributed by atoms with E-state index in [-0.39, 0.29) is 35.2 Å². The van der Waals surface area contributed by atoms with Crippen molar-refractivity contribution in [1.29, 1.82) is 0 Å². The zero-order valence-electron chi connectivity index (χ0n) is 19.3. The third kappa shape index (κ3) is 4.99. The van der Waals surface area contributed by atoms with Crippen molar-refractivity contribution in [2.45, 2.75) is 52.5 Å². The molecule has 168 valence electrons. The topological polar surface area (TPSA) is 116 Å². The van der Waals surface area contributed by atoms with Crippen LogP contribution in [0.5, 0.6) is 0 Å². The first-order valence-corrected chi connectivity index (χ1v) is 10.6. The first-order chi connectivity index (χ1) is 15.0. The summed E-state index contributed by atoms with van der Waals surface area (Å²) in [5.74, 6) is -0.469. The van der Waals surface area contributed by atoms with Crippen LogP contribution < -0.4 is 16.8 Å². The van der Waals surface area contributed by atoms with Gasteiger partial charge in [-0.25, -0.2) is 4.68 Å². The molecule has 0 saturated carbocycles. The van der Waals surface area contributed by atoms with E-state index in [0.717, 1.165) is 16.8 Å².